The molecule has 0 aliphatic rings. The van der Waals surface area contributed by atoms with Gasteiger partial charge in [-0.25, -0.2) is 0 Å². The van der Waals surface area contributed by atoms with Crippen molar-refractivity contribution in [1.82, 2.24) is 0 Å². The van der Waals surface area contributed by atoms with Crippen molar-refractivity contribution in [2.45, 2.75) is 31.0 Å². The van der Waals surface area contributed by atoms with Crippen LogP contribution >= 0.6 is 0 Å². The third kappa shape index (κ3) is 4.84. The van der Waals surface area contributed by atoms with Gasteiger partial charge in [0.1, 0.15) is 11.5 Å². The summed E-state index contributed by atoms with van der Waals surface area (Å²) in [7, 11) is 3.21. The summed E-state index contributed by atoms with van der Waals surface area (Å²) in [4.78, 5) is 0. The number of benzene rings is 2. The first-order chi connectivity index (χ1) is 12.0. The number of ether oxygens (including phenoxy) is 2. The highest BCUT2D eigenvalue weighted by Crippen LogP contribution is 2.34. The van der Waals surface area contributed by atoms with Gasteiger partial charge in [-0.2, -0.15) is 0 Å². The second-order valence-electron chi connectivity index (χ2n) is 6.08. The SMILES string of the molecule is C=CC[C@@](O)(CC[C@@H](O)c1ccc(OC)cc1)c1ccc(OC)cc1. The lowest BCUT2D eigenvalue weighted by Gasteiger charge is -2.29. The van der Waals surface area contributed by atoms with Gasteiger partial charge in [-0.1, -0.05) is 30.3 Å². The predicted octanol–water partition coefficient (Wildman–Crippen LogP) is 3.98. The summed E-state index contributed by atoms with van der Waals surface area (Å²) in [6, 6.07) is 14.7. The number of rotatable bonds is 9. The maximum absolute atomic E-state index is 11.1. The molecule has 25 heavy (non-hydrogen) atoms. The van der Waals surface area contributed by atoms with E-state index in [1.54, 1.807) is 20.3 Å². The van der Waals surface area contributed by atoms with Gasteiger partial charge in [0.25, 0.3) is 0 Å². The largest absolute Gasteiger partial charge is 0.497 e. The van der Waals surface area contributed by atoms with Gasteiger partial charge in [0.05, 0.1) is 25.9 Å². The minimum absolute atomic E-state index is 0.411. The minimum Gasteiger partial charge on any atom is -0.497 e. The molecule has 4 heteroatoms. The molecular formula is C21H26O4. The van der Waals surface area contributed by atoms with Crippen LogP contribution in [0.1, 0.15) is 36.5 Å². The van der Waals surface area contributed by atoms with E-state index in [0.717, 1.165) is 22.6 Å². The summed E-state index contributed by atoms with van der Waals surface area (Å²) >= 11 is 0. The van der Waals surface area contributed by atoms with Gasteiger partial charge in [-0.15, -0.1) is 6.58 Å². The lowest BCUT2D eigenvalue weighted by atomic mass is 9.84. The van der Waals surface area contributed by atoms with Crippen LogP contribution in [-0.4, -0.2) is 24.4 Å². The fourth-order valence-electron chi connectivity index (χ4n) is 2.87. The van der Waals surface area contributed by atoms with Crippen LogP contribution in [0.15, 0.2) is 61.2 Å². The second kappa shape index (κ2) is 8.70. The van der Waals surface area contributed by atoms with E-state index in [9.17, 15) is 10.2 Å². The summed E-state index contributed by atoms with van der Waals surface area (Å²) in [6.07, 6.45) is 2.31. The highest BCUT2D eigenvalue weighted by Gasteiger charge is 2.28. The van der Waals surface area contributed by atoms with E-state index in [4.69, 9.17) is 9.47 Å². The Labute approximate surface area is 149 Å². The highest BCUT2D eigenvalue weighted by atomic mass is 16.5. The molecule has 2 aromatic rings. The van der Waals surface area contributed by atoms with Crippen molar-refractivity contribution in [3.8, 4) is 11.5 Å². The van der Waals surface area contributed by atoms with E-state index in [2.05, 4.69) is 6.58 Å². The lowest BCUT2D eigenvalue weighted by molar-refractivity contribution is 0.0136. The molecule has 0 amide bonds. The van der Waals surface area contributed by atoms with Crippen LogP contribution in [0.25, 0.3) is 0 Å². The zero-order valence-corrected chi connectivity index (χ0v) is 14.8. The van der Waals surface area contributed by atoms with E-state index < -0.39 is 11.7 Å². The molecule has 0 aliphatic heterocycles. The second-order valence-corrected chi connectivity index (χ2v) is 6.08. The molecule has 0 saturated carbocycles. The predicted molar refractivity (Wildman–Crippen MR) is 98.9 cm³/mol. The Morgan fingerprint density at radius 2 is 1.52 bits per heavy atom. The zero-order valence-electron chi connectivity index (χ0n) is 14.8. The molecule has 0 bridgehead atoms. The molecule has 0 fully saturated rings. The van der Waals surface area contributed by atoms with Crippen LogP contribution in [0, 0.1) is 0 Å². The van der Waals surface area contributed by atoms with E-state index in [0.29, 0.717) is 19.3 Å². The van der Waals surface area contributed by atoms with Crippen molar-refractivity contribution in [2.24, 2.45) is 0 Å². The molecule has 0 spiro atoms. The first kappa shape index (κ1) is 19.0. The first-order valence-electron chi connectivity index (χ1n) is 8.32. The molecule has 4 nitrogen and oxygen atoms in total. The monoisotopic (exact) mass is 342 g/mol. The molecule has 2 N–H and O–H groups in total. The van der Waals surface area contributed by atoms with Crippen LogP contribution in [0.5, 0.6) is 11.5 Å². The van der Waals surface area contributed by atoms with Crippen molar-refractivity contribution in [2.75, 3.05) is 14.2 Å². The van der Waals surface area contributed by atoms with E-state index in [1.165, 1.54) is 0 Å². The topological polar surface area (TPSA) is 58.9 Å². The van der Waals surface area contributed by atoms with Crippen LogP contribution < -0.4 is 9.47 Å². The van der Waals surface area contributed by atoms with Crippen LogP contribution in [-0.2, 0) is 5.60 Å². The third-order valence-corrected chi connectivity index (χ3v) is 4.44. The molecule has 0 aromatic heterocycles. The Morgan fingerprint density at radius 1 is 1.00 bits per heavy atom. The van der Waals surface area contributed by atoms with E-state index in [-0.39, 0.29) is 0 Å². The average molecular weight is 342 g/mol. The van der Waals surface area contributed by atoms with Gasteiger partial charge in [0.15, 0.2) is 0 Å². The maximum Gasteiger partial charge on any atom is 0.118 e. The summed E-state index contributed by atoms with van der Waals surface area (Å²) < 4.78 is 10.3. The third-order valence-electron chi connectivity index (χ3n) is 4.44. The quantitative estimate of drug-likeness (QED) is 0.677. The normalized spacial score (nSPS) is 14.4. The molecule has 134 valence electrons. The molecular weight excluding hydrogens is 316 g/mol. The van der Waals surface area contributed by atoms with Crippen molar-refractivity contribution in [1.29, 1.82) is 0 Å². The fourth-order valence-corrected chi connectivity index (χ4v) is 2.87. The van der Waals surface area contributed by atoms with Gasteiger partial charge >= 0.3 is 0 Å². The van der Waals surface area contributed by atoms with Gasteiger partial charge in [0, 0.05) is 0 Å². The van der Waals surface area contributed by atoms with Gasteiger partial charge < -0.3 is 19.7 Å². The summed E-state index contributed by atoms with van der Waals surface area (Å²) in [6.45, 7) is 3.75. The van der Waals surface area contributed by atoms with Gasteiger partial charge in [-0.3, -0.25) is 0 Å². The number of aliphatic hydroxyl groups is 2. The van der Waals surface area contributed by atoms with Crippen LogP contribution in [0.2, 0.25) is 0 Å². The van der Waals surface area contributed by atoms with Crippen molar-refractivity contribution < 1.29 is 19.7 Å². The Morgan fingerprint density at radius 3 is 2.00 bits per heavy atom. The molecule has 0 heterocycles. The number of aliphatic hydroxyl groups excluding tert-OH is 1. The summed E-state index contributed by atoms with van der Waals surface area (Å²) in [5.41, 5.74) is 0.521. The maximum atomic E-state index is 11.1. The summed E-state index contributed by atoms with van der Waals surface area (Å²) in [5, 5.41) is 21.5. The fraction of sp³-hybridized carbons (Fsp3) is 0.333. The van der Waals surface area contributed by atoms with Gasteiger partial charge in [-0.05, 0) is 54.7 Å². The minimum atomic E-state index is -1.07. The van der Waals surface area contributed by atoms with Crippen molar-refractivity contribution >= 4 is 0 Å². The van der Waals surface area contributed by atoms with Crippen molar-refractivity contribution in [3.63, 3.8) is 0 Å². The molecule has 0 radical (unpaired) electrons. The van der Waals surface area contributed by atoms with Crippen molar-refractivity contribution in [3.05, 3.63) is 72.3 Å². The first-order valence-corrected chi connectivity index (χ1v) is 8.32. The van der Waals surface area contributed by atoms with Crippen LogP contribution in [0.3, 0.4) is 0 Å². The Hall–Kier alpha value is -2.30. The Bertz CT molecular complexity index is 663. The number of hydrogen-bond donors (Lipinski definition) is 2. The zero-order chi connectivity index (χ0) is 18.3. The van der Waals surface area contributed by atoms with E-state index in [1.807, 2.05) is 48.5 Å². The molecule has 0 aliphatic carbocycles. The Balaban J connectivity index is 2.09. The summed E-state index contributed by atoms with van der Waals surface area (Å²) in [5.74, 6) is 1.49. The molecule has 2 rings (SSSR count). The smallest absolute Gasteiger partial charge is 0.118 e. The average Bonchev–Trinajstić information content (AvgIpc) is 2.66. The molecule has 2 atom stereocenters. The molecule has 0 saturated heterocycles. The highest BCUT2D eigenvalue weighted by molar-refractivity contribution is 5.32. The Kier molecular flexibility index (Phi) is 6.62. The number of hydrogen-bond acceptors (Lipinski definition) is 4. The van der Waals surface area contributed by atoms with E-state index >= 15 is 0 Å². The van der Waals surface area contributed by atoms with Crippen LogP contribution in [0.4, 0.5) is 0 Å². The molecule has 2 aromatic carbocycles. The number of methoxy groups -OCH3 is 2. The molecule has 0 unspecified atom stereocenters. The van der Waals surface area contributed by atoms with Gasteiger partial charge in [0.2, 0.25) is 0 Å². The standard InChI is InChI=1S/C21H26O4/c1-4-14-21(23,17-7-11-19(25-3)12-8-17)15-13-20(22)16-5-9-18(24-2)10-6-16/h4-12,20,22-23H,1,13-15H2,2-3H3/t20-,21-/m1/s1. The lowest BCUT2D eigenvalue weighted by Crippen LogP contribution is -2.25.